The van der Waals surface area contributed by atoms with Crippen molar-refractivity contribution in [3.8, 4) is 0 Å². The lowest BCUT2D eigenvalue weighted by Crippen LogP contribution is -2.41. The van der Waals surface area contributed by atoms with Crippen LogP contribution < -0.4 is 5.32 Å². The van der Waals surface area contributed by atoms with Gasteiger partial charge in [-0.15, -0.1) is 0 Å². The fourth-order valence-corrected chi connectivity index (χ4v) is 6.12. The van der Waals surface area contributed by atoms with Gasteiger partial charge in [0.05, 0.1) is 24.3 Å². The molecule has 10 heteroatoms. The second-order valence-electron chi connectivity index (χ2n) is 9.12. The Morgan fingerprint density at radius 1 is 1.17 bits per heavy atom. The highest BCUT2D eigenvalue weighted by molar-refractivity contribution is 7.89. The standard InChI is InChI=1S/C25H33N5O4S/c1-17(2)30-25-22(16-27-30)18(3)21(19(4)28-25)9-10-24(31)26-15-20-7-5-6-8-23(20)35(32,33)29-11-13-34-14-12-29/h5-8,16-17H,9-15H2,1-4H3,(H,26,31). The molecule has 1 N–H and O–H groups in total. The smallest absolute Gasteiger partial charge is 0.243 e. The molecule has 3 heterocycles. The van der Waals surface area contributed by atoms with E-state index in [4.69, 9.17) is 9.72 Å². The first-order valence-corrected chi connectivity index (χ1v) is 13.4. The van der Waals surface area contributed by atoms with Crippen molar-refractivity contribution in [1.82, 2.24) is 24.4 Å². The van der Waals surface area contributed by atoms with E-state index in [9.17, 15) is 13.2 Å². The number of fused-ring (bicyclic) bond motifs is 1. The zero-order valence-electron chi connectivity index (χ0n) is 20.7. The summed E-state index contributed by atoms with van der Waals surface area (Å²) in [5, 5.41) is 8.37. The SMILES string of the molecule is Cc1nc2c(cnn2C(C)C)c(C)c1CCC(=O)NCc1ccccc1S(=O)(=O)N1CCOCC1. The third kappa shape index (κ3) is 5.24. The summed E-state index contributed by atoms with van der Waals surface area (Å²) in [6.07, 6.45) is 2.67. The van der Waals surface area contributed by atoms with Crippen LogP contribution in [0.4, 0.5) is 0 Å². The van der Waals surface area contributed by atoms with Crippen LogP contribution in [-0.4, -0.2) is 59.7 Å². The predicted molar refractivity (Wildman–Crippen MR) is 134 cm³/mol. The number of carbonyl (C=O) groups is 1. The Kier molecular flexibility index (Phi) is 7.53. The molecule has 0 spiro atoms. The average molecular weight is 500 g/mol. The van der Waals surface area contributed by atoms with Gasteiger partial charge in [0.2, 0.25) is 15.9 Å². The number of aromatic nitrogens is 3. The summed E-state index contributed by atoms with van der Waals surface area (Å²) >= 11 is 0. The molecule has 0 unspecified atom stereocenters. The minimum absolute atomic E-state index is 0.139. The summed E-state index contributed by atoms with van der Waals surface area (Å²) in [6, 6.07) is 7.04. The second kappa shape index (κ2) is 10.4. The number of amides is 1. The number of hydrogen-bond acceptors (Lipinski definition) is 6. The van der Waals surface area contributed by atoms with E-state index in [1.807, 2.05) is 24.7 Å². The molecule has 1 aliphatic rings. The molecule has 188 valence electrons. The van der Waals surface area contributed by atoms with E-state index in [-0.39, 0.29) is 29.8 Å². The summed E-state index contributed by atoms with van der Waals surface area (Å²) in [7, 11) is -3.65. The molecule has 1 aromatic carbocycles. The molecule has 3 aromatic rings. The molecule has 2 aromatic heterocycles. The van der Waals surface area contributed by atoms with Gasteiger partial charge in [-0.25, -0.2) is 18.1 Å². The number of pyridine rings is 1. The first-order valence-electron chi connectivity index (χ1n) is 12.0. The van der Waals surface area contributed by atoms with Crippen LogP contribution in [0.5, 0.6) is 0 Å². The van der Waals surface area contributed by atoms with Gasteiger partial charge in [-0.1, -0.05) is 18.2 Å². The fourth-order valence-electron chi connectivity index (χ4n) is 4.49. The maximum atomic E-state index is 13.1. The van der Waals surface area contributed by atoms with E-state index >= 15 is 0 Å². The largest absolute Gasteiger partial charge is 0.379 e. The summed E-state index contributed by atoms with van der Waals surface area (Å²) in [5.41, 5.74) is 4.47. The van der Waals surface area contributed by atoms with Crippen molar-refractivity contribution < 1.29 is 17.9 Å². The molecule has 4 rings (SSSR count). The minimum atomic E-state index is -3.65. The molecule has 0 saturated carbocycles. The predicted octanol–water partition coefficient (Wildman–Crippen LogP) is 2.90. The van der Waals surface area contributed by atoms with Crippen LogP contribution in [0.2, 0.25) is 0 Å². The number of sulfonamides is 1. The molecule has 0 radical (unpaired) electrons. The molecule has 0 atom stereocenters. The average Bonchev–Trinajstić information content (AvgIpc) is 3.27. The summed E-state index contributed by atoms with van der Waals surface area (Å²) in [6.45, 7) is 9.73. The lowest BCUT2D eigenvalue weighted by molar-refractivity contribution is -0.121. The molecule has 35 heavy (non-hydrogen) atoms. The van der Waals surface area contributed by atoms with E-state index in [0.29, 0.717) is 38.3 Å². The van der Waals surface area contributed by atoms with E-state index < -0.39 is 10.0 Å². The Labute approximate surface area is 206 Å². The van der Waals surface area contributed by atoms with Gasteiger partial charge < -0.3 is 10.1 Å². The molecule has 0 bridgehead atoms. The first kappa shape index (κ1) is 25.3. The fraction of sp³-hybridized carbons (Fsp3) is 0.480. The number of rotatable bonds is 8. The van der Waals surface area contributed by atoms with Gasteiger partial charge in [0, 0.05) is 43.2 Å². The summed E-state index contributed by atoms with van der Waals surface area (Å²) in [5.74, 6) is -0.139. The molecule has 1 saturated heterocycles. The Bertz CT molecular complexity index is 1330. The highest BCUT2D eigenvalue weighted by atomic mass is 32.2. The highest BCUT2D eigenvalue weighted by Gasteiger charge is 2.28. The van der Waals surface area contributed by atoms with Gasteiger partial charge >= 0.3 is 0 Å². The summed E-state index contributed by atoms with van der Waals surface area (Å²) in [4.78, 5) is 17.7. The topological polar surface area (TPSA) is 106 Å². The van der Waals surface area contributed by atoms with Crippen LogP contribution in [0.1, 0.15) is 48.7 Å². The molecular weight excluding hydrogens is 466 g/mol. The molecule has 0 aliphatic carbocycles. The monoisotopic (exact) mass is 499 g/mol. The Morgan fingerprint density at radius 3 is 2.60 bits per heavy atom. The van der Waals surface area contributed by atoms with E-state index in [0.717, 1.165) is 27.9 Å². The van der Waals surface area contributed by atoms with Crippen LogP contribution in [0.25, 0.3) is 11.0 Å². The quantitative estimate of drug-likeness (QED) is 0.511. The van der Waals surface area contributed by atoms with E-state index in [2.05, 4.69) is 24.3 Å². The van der Waals surface area contributed by atoms with Crippen molar-refractivity contribution in [3.63, 3.8) is 0 Å². The van der Waals surface area contributed by atoms with Crippen molar-refractivity contribution in [1.29, 1.82) is 0 Å². The number of nitrogens with one attached hydrogen (secondary N) is 1. The van der Waals surface area contributed by atoms with Gasteiger partial charge in [0.15, 0.2) is 5.65 Å². The normalized spacial score (nSPS) is 15.1. The lowest BCUT2D eigenvalue weighted by Gasteiger charge is -2.27. The van der Waals surface area contributed by atoms with E-state index in [1.165, 1.54) is 4.31 Å². The third-order valence-corrected chi connectivity index (χ3v) is 8.46. The second-order valence-corrected chi connectivity index (χ2v) is 11.0. The van der Waals surface area contributed by atoms with Crippen molar-refractivity contribution in [3.05, 3.63) is 52.8 Å². The van der Waals surface area contributed by atoms with Crippen molar-refractivity contribution in [2.45, 2.75) is 58.0 Å². The maximum absolute atomic E-state index is 13.1. The molecule has 9 nitrogen and oxygen atoms in total. The molecule has 1 aliphatic heterocycles. The lowest BCUT2D eigenvalue weighted by atomic mass is 10.0. The molecule has 1 amide bonds. The van der Waals surface area contributed by atoms with Crippen LogP contribution in [0, 0.1) is 13.8 Å². The van der Waals surface area contributed by atoms with Crippen LogP contribution in [-0.2, 0) is 32.5 Å². The van der Waals surface area contributed by atoms with Crippen molar-refractivity contribution in [2.75, 3.05) is 26.3 Å². The first-order chi connectivity index (χ1) is 16.7. The number of morpholine rings is 1. The zero-order chi connectivity index (χ0) is 25.2. The van der Waals surface area contributed by atoms with Crippen molar-refractivity contribution >= 4 is 27.0 Å². The summed E-state index contributed by atoms with van der Waals surface area (Å²) < 4.78 is 34.9. The van der Waals surface area contributed by atoms with Gasteiger partial charge in [0.25, 0.3) is 0 Å². The molecular formula is C25H33N5O4S. The Morgan fingerprint density at radius 2 is 1.89 bits per heavy atom. The molecule has 1 fully saturated rings. The van der Waals surface area contributed by atoms with Gasteiger partial charge in [-0.2, -0.15) is 9.40 Å². The highest BCUT2D eigenvalue weighted by Crippen LogP contribution is 2.25. The number of benzene rings is 1. The van der Waals surface area contributed by atoms with Gasteiger partial charge in [-0.3, -0.25) is 4.79 Å². The number of nitrogens with zero attached hydrogens (tertiary/aromatic N) is 4. The number of hydrogen-bond donors (Lipinski definition) is 1. The van der Waals surface area contributed by atoms with Gasteiger partial charge in [0.1, 0.15) is 0 Å². The minimum Gasteiger partial charge on any atom is -0.379 e. The third-order valence-electron chi connectivity index (χ3n) is 6.46. The number of carbonyl (C=O) groups excluding carboxylic acids is 1. The zero-order valence-corrected chi connectivity index (χ0v) is 21.6. The van der Waals surface area contributed by atoms with Crippen LogP contribution in [0.3, 0.4) is 0 Å². The Hall–Kier alpha value is -2.82. The van der Waals surface area contributed by atoms with Crippen molar-refractivity contribution in [2.24, 2.45) is 0 Å². The van der Waals surface area contributed by atoms with Gasteiger partial charge in [-0.05, 0) is 56.9 Å². The number of ether oxygens (including phenoxy) is 1. The van der Waals surface area contributed by atoms with Crippen LogP contribution >= 0.6 is 0 Å². The Balaban J connectivity index is 1.43. The number of aryl methyl sites for hydroxylation is 2. The maximum Gasteiger partial charge on any atom is 0.243 e. The van der Waals surface area contributed by atoms with E-state index in [1.54, 1.807) is 24.3 Å². The van der Waals surface area contributed by atoms with Crippen LogP contribution in [0.15, 0.2) is 35.4 Å².